The monoisotopic (exact) mass is 252 g/mol. The normalized spacial score (nSPS) is 14.0. The molecule has 0 saturated carbocycles. The molecule has 0 heterocycles. The lowest BCUT2D eigenvalue weighted by Crippen LogP contribution is -2.30. The van der Waals surface area contributed by atoms with Crippen LogP contribution in [0.5, 0.6) is 0 Å². The molecule has 0 saturated heterocycles. The van der Waals surface area contributed by atoms with Gasteiger partial charge in [0.15, 0.2) is 0 Å². The van der Waals surface area contributed by atoms with Gasteiger partial charge in [0.05, 0.1) is 6.04 Å². The zero-order chi connectivity index (χ0) is 13.5. The average molecular weight is 252 g/mol. The van der Waals surface area contributed by atoms with E-state index in [-0.39, 0.29) is 23.7 Å². The lowest BCUT2D eigenvalue weighted by atomic mass is 10.0. The Labute approximate surface area is 108 Å². The van der Waals surface area contributed by atoms with Crippen molar-refractivity contribution in [2.24, 2.45) is 11.7 Å². The van der Waals surface area contributed by atoms with Crippen molar-refractivity contribution in [1.29, 1.82) is 0 Å². The van der Waals surface area contributed by atoms with Gasteiger partial charge in [-0.1, -0.05) is 25.5 Å². The average Bonchev–Trinajstić information content (AvgIpc) is 2.36. The number of halogens is 1. The van der Waals surface area contributed by atoms with Crippen LogP contribution in [0.25, 0.3) is 0 Å². The highest BCUT2D eigenvalue weighted by Gasteiger charge is 2.13. The molecule has 3 N–H and O–H groups in total. The molecule has 1 aromatic rings. The second kappa shape index (κ2) is 7.11. The minimum absolute atomic E-state index is 0.0101. The summed E-state index contributed by atoms with van der Waals surface area (Å²) in [7, 11) is 0. The number of hydrogen-bond acceptors (Lipinski definition) is 2. The Morgan fingerprint density at radius 1 is 1.39 bits per heavy atom. The minimum atomic E-state index is -0.272. The van der Waals surface area contributed by atoms with E-state index >= 15 is 0 Å². The molecule has 0 aliphatic rings. The number of nitrogens with one attached hydrogen (secondary N) is 1. The Bertz CT molecular complexity index is 374. The largest absolute Gasteiger partial charge is 0.350 e. The van der Waals surface area contributed by atoms with Gasteiger partial charge in [-0.25, -0.2) is 4.39 Å². The Hall–Kier alpha value is -1.42. The third-order valence-corrected chi connectivity index (χ3v) is 3.13. The molecule has 0 radical (unpaired) electrons. The van der Waals surface area contributed by atoms with E-state index in [9.17, 15) is 9.18 Å². The molecule has 1 amide bonds. The third-order valence-electron chi connectivity index (χ3n) is 3.13. The van der Waals surface area contributed by atoms with Crippen LogP contribution in [0, 0.1) is 11.7 Å². The molecule has 1 unspecified atom stereocenters. The highest BCUT2D eigenvalue weighted by Crippen LogP contribution is 2.14. The van der Waals surface area contributed by atoms with Crippen LogP contribution in [0.4, 0.5) is 4.39 Å². The second-order valence-electron chi connectivity index (χ2n) is 4.55. The van der Waals surface area contributed by atoms with Crippen LogP contribution in [-0.2, 0) is 4.79 Å². The van der Waals surface area contributed by atoms with E-state index in [1.54, 1.807) is 12.1 Å². The van der Waals surface area contributed by atoms with E-state index in [0.717, 1.165) is 12.0 Å². The van der Waals surface area contributed by atoms with E-state index in [1.807, 2.05) is 13.8 Å². The van der Waals surface area contributed by atoms with Crippen molar-refractivity contribution in [3.05, 3.63) is 35.6 Å². The lowest BCUT2D eigenvalue weighted by molar-refractivity contribution is -0.122. The van der Waals surface area contributed by atoms with Crippen molar-refractivity contribution in [3.8, 4) is 0 Å². The van der Waals surface area contributed by atoms with Crippen LogP contribution in [-0.4, -0.2) is 12.5 Å². The molecule has 2 atom stereocenters. The summed E-state index contributed by atoms with van der Waals surface area (Å²) in [5.74, 6) is -0.0546. The molecule has 3 nitrogen and oxygen atoms in total. The van der Waals surface area contributed by atoms with Crippen molar-refractivity contribution < 1.29 is 9.18 Å². The molecular weight excluding hydrogens is 231 g/mol. The van der Waals surface area contributed by atoms with Gasteiger partial charge in [-0.3, -0.25) is 4.79 Å². The van der Waals surface area contributed by atoms with Crippen LogP contribution in [0.3, 0.4) is 0 Å². The predicted octanol–water partition coefficient (Wildman–Crippen LogP) is 2.38. The van der Waals surface area contributed by atoms with E-state index in [0.29, 0.717) is 13.0 Å². The van der Waals surface area contributed by atoms with Crippen molar-refractivity contribution in [1.82, 2.24) is 5.32 Å². The summed E-state index contributed by atoms with van der Waals surface area (Å²) in [6.45, 7) is 4.43. The zero-order valence-electron chi connectivity index (χ0n) is 10.9. The number of carbonyl (C=O) groups is 1. The quantitative estimate of drug-likeness (QED) is 0.816. The van der Waals surface area contributed by atoms with E-state index in [4.69, 9.17) is 5.73 Å². The lowest BCUT2D eigenvalue weighted by Gasteiger charge is -2.17. The number of carbonyl (C=O) groups excluding carboxylic acids is 1. The van der Waals surface area contributed by atoms with Gasteiger partial charge in [-0.2, -0.15) is 0 Å². The molecule has 0 spiro atoms. The molecule has 4 heteroatoms. The molecule has 0 fully saturated rings. The fourth-order valence-electron chi connectivity index (χ4n) is 1.79. The van der Waals surface area contributed by atoms with Crippen LogP contribution in [0.2, 0.25) is 0 Å². The summed E-state index contributed by atoms with van der Waals surface area (Å²) in [6, 6.07) is 6.04. The van der Waals surface area contributed by atoms with Crippen LogP contribution >= 0.6 is 0 Å². The third kappa shape index (κ3) is 4.45. The first-order chi connectivity index (χ1) is 8.56. The Morgan fingerprint density at radius 3 is 2.50 bits per heavy atom. The maximum Gasteiger partial charge on any atom is 0.220 e. The van der Waals surface area contributed by atoms with Gasteiger partial charge in [-0.05, 0) is 37.1 Å². The van der Waals surface area contributed by atoms with Gasteiger partial charge < -0.3 is 11.1 Å². The van der Waals surface area contributed by atoms with Crippen LogP contribution in [0.1, 0.15) is 38.3 Å². The Kier molecular flexibility index (Phi) is 5.78. The predicted molar refractivity (Wildman–Crippen MR) is 70.4 cm³/mol. The number of rotatable bonds is 6. The first-order valence-corrected chi connectivity index (χ1v) is 6.31. The SMILES string of the molecule is CCC(CN)CC(=O)N[C@@H](C)c1ccc(F)cc1. The summed E-state index contributed by atoms with van der Waals surface area (Å²) >= 11 is 0. The first-order valence-electron chi connectivity index (χ1n) is 6.31. The maximum atomic E-state index is 12.8. The summed E-state index contributed by atoms with van der Waals surface area (Å²) in [6.07, 6.45) is 1.34. The number of benzene rings is 1. The number of amides is 1. The number of hydrogen-bond donors (Lipinski definition) is 2. The van der Waals surface area contributed by atoms with Gasteiger partial charge in [0.2, 0.25) is 5.91 Å². The molecule has 0 bridgehead atoms. The van der Waals surface area contributed by atoms with Crippen LogP contribution in [0.15, 0.2) is 24.3 Å². The second-order valence-corrected chi connectivity index (χ2v) is 4.55. The molecule has 0 aliphatic carbocycles. The molecule has 1 aromatic carbocycles. The Balaban J connectivity index is 2.51. The summed E-state index contributed by atoms with van der Waals surface area (Å²) < 4.78 is 12.8. The minimum Gasteiger partial charge on any atom is -0.350 e. The van der Waals surface area contributed by atoms with Gasteiger partial charge in [-0.15, -0.1) is 0 Å². The van der Waals surface area contributed by atoms with Gasteiger partial charge in [0.1, 0.15) is 5.82 Å². The Morgan fingerprint density at radius 2 is 2.00 bits per heavy atom. The van der Waals surface area contributed by atoms with Gasteiger partial charge >= 0.3 is 0 Å². The van der Waals surface area contributed by atoms with E-state index in [2.05, 4.69) is 5.32 Å². The smallest absolute Gasteiger partial charge is 0.220 e. The first kappa shape index (κ1) is 14.6. The molecule has 0 aliphatic heterocycles. The van der Waals surface area contributed by atoms with Crippen molar-refractivity contribution >= 4 is 5.91 Å². The fraction of sp³-hybridized carbons (Fsp3) is 0.500. The van der Waals surface area contributed by atoms with Gasteiger partial charge in [0, 0.05) is 6.42 Å². The molecule has 18 heavy (non-hydrogen) atoms. The summed E-state index contributed by atoms with van der Waals surface area (Å²) in [4.78, 5) is 11.8. The number of nitrogens with two attached hydrogens (primary N) is 1. The summed E-state index contributed by atoms with van der Waals surface area (Å²) in [5, 5.41) is 2.90. The topological polar surface area (TPSA) is 55.1 Å². The molecule has 1 rings (SSSR count). The zero-order valence-corrected chi connectivity index (χ0v) is 10.9. The maximum absolute atomic E-state index is 12.8. The fourth-order valence-corrected chi connectivity index (χ4v) is 1.79. The van der Waals surface area contributed by atoms with Crippen molar-refractivity contribution in [2.75, 3.05) is 6.54 Å². The molecule has 100 valence electrons. The molecule has 0 aromatic heterocycles. The summed E-state index contributed by atoms with van der Waals surface area (Å²) in [5.41, 5.74) is 6.46. The van der Waals surface area contributed by atoms with Gasteiger partial charge in [0.25, 0.3) is 0 Å². The van der Waals surface area contributed by atoms with Crippen molar-refractivity contribution in [2.45, 2.75) is 32.7 Å². The van der Waals surface area contributed by atoms with E-state index in [1.165, 1.54) is 12.1 Å². The van der Waals surface area contributed by atoms with Crippen molar-refractivity contribution in [3.63, 3.8) is 0 Å². The van der Waals surface area contributed by atoms with E-state index < -0.39 is 0 Å². The van der Waals surface area contributed by atoms with Crippen LogP contribution < -0.4 is 11.1 Å². The standard InChI is InChI=1S/C14H21FN2O/c1-3-11(9-16)8-14(18)17-10(2)12-4-6-13(15)7-5-12/h4-7,10-11H,3,8-9,16H2,1-2H3,(H,17,18)/t10-,11?/m0/s1. The highest BCUT2D eigenvalue weighted by atomic mass is 19.1. The molecular formula is C14H21FN2O. The highest BCUT2D eigenvalue weighted by molar-refractivity contribution is 5.76.